The number of nitrogens with zero attached hydrogens (tertiary/aromatic N) is 3. The van der Waals surface area contributed by atoms with Gasteiger partial charge in [0.25, 0.3) is 0 Å². The molecule has 3 aromatic rings. The summed E-state index contributed by atoms with van der Waals surface area (Å²) < 4.78 is 10.7. The summed E-state index contributed by atoms with van der Waals surface area (Å²) in [5.41, 5.74) is 2.01. The molecule has 30 heavy (non-hydrogen) atoms. The topological polar surface area (TPSA) is 80.5 Å². The third-order valence-electron chi connectivity index (χ3n) is 5.43. The molecule has 7 heteroatoms. The van der Waals surface area contributed by atoms with Crippen molar-refractivity contribution in [3.05, 3.63) is 66.1 Å². The zero-order valence-corrected chi connectivity index (χ0v) is 17.1. The molecule has 0 saturated carbocycles. The molecular formula is C23H26N4O3. The van der Waals surface area contributed by atoms with Crippen molar-refractivity contribution < 1.29 is 14.1 Å². The van der Waals surface area contributed by atoms with Gasteiger partial charge in [-0.05, 0) is 55.8 Å². The minimum absolute atomic E-state index is 0.0527. The highest BCUT2D eigenvalue weighted by atomic mass is 16.5. The van der Waals surface area contributed by atoms with Crippen molar-refractivity contribution in [2.24, 2.45) is 0 Å². The van der Waals surface area contributed by atoms with Crippen LogP contribution in [0.5, 0.6) is 5.75 Å². The largest absolute Gasteiger partial charge is 0.497 e. The number of amides is 1. The molecule has 2 aromatic carbocycles. The second-order valence-electron chi connectivity index (χ2n) is 7.50. The number of likely N-dealkylation sites (tertiary alicyclic amines) is 1. The number of rotatable bonds is 7. The van der Waals surface area contributed by atoms with Crippen LogP contribution in [0.25, 0.3) is 11.4 Å². The number of methoxy groups -OCH3 is 1. The molecule has 0 radical (unpaired) electrons. The van der Waals surface area contributed by atoms with Crippen molar-refractivity contribution in [2.45, 2.75) is 25.3 Å². The molecule has 1 aliphatic rings. The van der Waals surface area contributed by atoms with E-state index in [1.165, 1.54) is 0 Å². The third-order valence-corrected chi connectivity index (χ3v) is 5.43. The second-order valence-corrected chi connectivity index (χ2v) is 7.50. The molecule has 4 rings (SSSR count). The van der Waals surface area contributed by atoms with Crippen molar-refractivity contribution in [3.8, 4) is 17.1 Å². The first-order chi connectivity index (χ1) is 14.7. The van der Waals surface area contributed by atoms with Gasteiger partial charge < -0.3 is 14.6 Å². The normalized spacial score (nSPS) is 15.1. The summed E-state index contributed by atoms with van der Waals surface area (Å²) in [5.74, 6) is 2.34. The molecular weight excluding hydrogens is 380 g/mol. The van der Waals surface area contributed by atoms with E-state index in [1.54, 1.807) is 7.11 Å². The van der Waals surface area contributed by atoms with Gasteiger partial charge >= 0.3 is 0 Å². The van der Waals surface area contributed by atoms with Crippen LogP contribution in [0.4, 0.5) is 0 Å². The Labute approximate surface area is 176 Å². The van der Waals surface area contributed by atoms with Crippen LogP contribution in [0, 0.1) is 0 Å². The molecule has 0 aliphatic carbocycles. The quantitative estimate of drug-likeness (QED) is 0.649. The van der Waals surface area contributed by atoms with Crippen molar-refractivity contribution in [3.63, 3.8) is 0 Å². The average Bonchev–Trinajstić information content (AvgIpc) is 3.29. The van der Waals surface area contributed by atoms with E-state index < -0.39 is 0 Å². The molecule has 0 spiro atoms. The highest BCUT2D eigenvalue weighted by Gasteiger charge is 2.26. The zero-order valence-electron chi connectivity index (χ0n) is 17.1. The van der Waals surface area contributed by atoms with E-state index in [4.69, 9.17) is 9.26 Å². The lowest BCUT2D eigenvalue weighted by molar-refractivity contribution is -0.122. The highest BCUT2D eigenvalue weighted by Crippen LogP contribution is 2.28. The predicted molar refractivity (Wildman–Crippen MR) is 113 cm³/mol. The van der Waals surface area contributed by atoms with E-state index in [-0.39, 0.29) is 11.8 Å². The SMILES string of the molecule is COc1ccc(-c2noc(C3CCN(CC(=O)NCc4ccccc4)CC3)n2)cc1. The van der Waals surface area contributed by atoms with E-state index in [2.05, 4.69) is 20.4 Å². The standard InChI is InChI=1S/C23H26N4O3/c1-29-20-9-7-18(8-10-20)22-25-23(30-26-22)19-11-13-27(14-12-19)16-21(28)24-15-17-5-3-2-4-6-17/h2-10,19H,11-16H2,1H3,(H,24,28). The van der Waals surface area contributed by atoms with Gasteiger partial charge in [0.1, 0.15) is 5.75 Å². The molecule has 0 bridgehead atoms. The van der Waals surface area contributed by atoms with Crippen LogP contribution in [0.2, 0.25) is 0 Å². The van der Waals surface area contributed by atoms with E-state index in [0.717, 1.165) is 42.8 Å². The van der Waals surface area contributed by atoms with Gasteiger partial charge in [0.15, 0.2) is 0 Å². The second kappa shape index (κ2) is 9.54. The van der Waals surface area contributed by atoms with Crippen molar-refractivity contribution in [2.75, 3.05) is 26.7 Å². The fourth-order valence-electron chi connectivity index (χ4n) is 3.65. The monoisotopic (exact) mass is 406 g/mol. The van der Waals surface area contributed by atoms with Gasteiger partial charge in [-0.2, -0.15) is 4.98 Å². The van der Waals surface area contributed by atoms with E-state index >= 15 is 0 Å². The minimum atomic E-state index is 0.0527. The van der Waals surface area contributed by atoms with Gasteiger partial charge in [0, 0.05) is 18.0 Å². The lowest BCUT2D eigenvalue weighted by Gasteiger charge is -2.29. The Bertz CT molecular complexity index is 948. The Balaban J connectivity index is 1.25. The lowest BCUT2D eigenvalue weighted by atomic mass is 9.97. The fourth-order valence-corrected chi connectivity index (χ4v) is 3.65. The first kappa shape index (κ1) is 20.1. The summed E-state index contributed by atoms with van der Waals surface area (Å²) in [6.07, 6.45) is 1.80. The van der Waals surface area contributed by atoms with Gasteiger partial charge in [0.05, 0.1) is 13.7 Å². The maximum Gasteiger partial charge on any atom is 0.234 e. The van der Waals surface area contributed by atoms with Gasteiger partial charge in [-0.3, -0.25) is 9.69 Å². The molecule has 1 amide bonds. The maximum atomic E-state index is 12.2. The highest BCUT2D eigenvalue weighted by molar-refractivity contribution is 5.78. The number of carbonyl (C=O) groups is 1. The molecule has 1 fully saturated rings. The van der Waals surface area contributed by atoms with Gasteiger partial charge in [-0.25, -0.2) is 0 Å². The van der Waals surface area contributed by atoms with Gasteiger partial charge in [0.2, 0.25) is 17.6 Å². The number of ether oxygens (including phenoxy) is 1. The average molecular weight is 406 g/mol. The molecule has 7 nitrogen and oxygen atoms in total. The van der Waals surface area contributed by atoms with Gasteiger partial charge in [-0.15, -0.1) is 0 Å². The molecule has 0 unspecified atom stereocenters. The summed E-state index contributed by atoms with van der Waals surface area (Å²) in [7, 11) is 1.64. The minimum Gasteiger partial charge on any atom is -0.497 e. The lowest BCUT2D eigenvalue weighted by Crippen LogP contribution is -2.41. The summed E-state index contributed by atoms with van der Waals surface area (Å²) in [5, 5.41) is 7.12. The fraction of sp³-hybridized carbons (Fsp3) is 0.348. The Hall–Kier alpha value is -3.19. The van der Waals surface area contributed by atoms with E-state index in [0.29, 0.717) is 24.8 Å². The maximum absolute atomic E-state index is 12.2. The first-order valence-corrected chi connectivity index (χ1v) is 10.2. The van der Waals surface area contributed by atoms with Crippen molar-refractivity contribution >= 4 is 5.91 Å². The van der Waals surface area contributed by atoms with E-state index in [9.17, 15) is 4.79 Å². The first-order valence-electron chi connectivity index (χ1n) is 10.2. The molecule has 1 N–H and O–H groups in total. The van der Waals surface area contributed by atoms with E-state index in [1.807, 2.05) is 54.6 Å². The Kier molecular flexibility index (Phi) is 6.39. The van der Waals surface area contributed by atoms with Crippen LogP contribution < -0.4 is 10.1 Å². The zero-order chi connectivity index (χ0) is 20.8. The molecule has 1 aliphatic heterocycles. The number of hydrogen-bond donors (Lipinski definition) is 1. The smallest absolute Gasteiger partial charge is 0.234 e. The molecule has 156 valence electrons. The molecule has 2 heterocycles. The number of piperidine rings is 1. The number of hydrogen-bond acceptors (Lipinski definition) is 6. The Morgan fingerprint density at radius 3 is 2.57 bits per heavy atom. The van der Waals surface area contributed by atoms with Crippen LogP contribution in [-0.4, -0.2) is 47.7 Å². The van der Waals surface area contributed by atoms with Crippen LogP contribution in [0.15, 0.2) is 59.1 Å². The predicted octanol–water partition coefficient (Wildman–Crippen LogP) is 3.24. The number of benzene rings is 2. The van der Waals surface area contributed by atoms with Crippen LogP contribution >= 0.6 is 0 Å². The summed E-state index contributed by atoms with van der Waals surface area (Å²) >= 11 is 0. The van der Waals surface area contributed by atoms with Crippen LogP contribution in [0.1, 0.15) is 30.2 Å². The Morgan fingerprint density at radius 1 is 1.13 bits per heavy atom. The Morgan fingerprint density at radius 2 is 1.87 bits per heavy atom. The summed E-state index contributed by atoms with van der Waals surface area (Å²) in [6, 6.07) is 17.5. The van der Waals surface area contributed by atoms with Crippen LogP contribution in [0.3, 0.4) is 0 Å². The molecule has 0 atom stereocenters. The number of carbonyl (C=O) groups excluding carboxylic acids is 1. The number of nitrogens with one attached hydrogen (secondary N) is 1. The summed E-state index contributed by atoms with van der Waals surface area (Å²) in [4.78, 5) is 19.0. The molecule has 1 saturated heterocycles. The van der Waals surface area contributed by atoms with Crippen molar-refractivity contribution in [1.29, 1.82) is 0 Å². The van der Waals surface area contributed by atoms with Gasteiger partial charge in [-0.1, -0.05) is 35.5 Å². The van der Waals surface area contributed by atoms with Crippen molar-refractivity contribution in [1.82, 2.24) is 20.4 Å². The molecule has 1 aromatic heterocycles. The summed E-state index contributed by atoms with van der Waals surface area (Å²) in [6.45, 7) is 2.65. The van der Waals surface area contributed by atoms with Crippen LogP contribution in [-0.2, 0) is 11.3 Å². The number of aromatic nitrogens is 2. The third kappa shape index (κ3) is 5.04.